The Morgan fingerprint density at radius 1 is 0.448 bits per heavy atom. The summed E-state index contributed by atoms with van der Waals surface area (Å²) < 4.78 is 17.4. The maximum atomic E-state index is 12.8. The van der Waals surface area contributed by atoms with Crippen molar-refractivity contribution < 1.29 is 38.2 Å². The van der Waals surface area contributed by atoms with Crippen molar-refractivity contribution in [3.63, 3.8) is 0 Å². The van der Waals surface area contributed by atoms with E-state index in [0.717, 1.165) is 38.5 Å². The Kier molecular flexibility index (Phi) is 48.1. The SMILES string of the molecule is CCCCCC/C=C/C=C/CCCCCCCCCCCCC(=O)OC(COCCC(C(=O)O)[N+](C)(C)C)COC(=O)CCCCCCCCC/C=C/CCCCCCCCCCCCCC. The van der Waals surface area contributed by atoms with Crippen LogP contribution in [-0.2, 0) is 28.6 Å². The van der Waals surface area contributed by atoms with E-state index >= 15 is 0 Å². The number of carboxylic acids is 1. The number of hydrogen-bond acceptors (Lipinski definition) is 6. The third-order valence-electron chi connectivity index (χ3n) is 13.0. The number of carbonyl (C=O) groups excluding carboxylic acids is 2. The first-order valence-corrected chi connectivity index (χ1v) is 28.5. The second kappa shape index (κ2) is 50.0. The first-order valence-electron chi connectivity index (χ1n) is 28.5. The minimum atomic E-state index is -0.873. The van der Waals surface area contributed by atoms with Gasteiger partial charge in [0.25, 0.3) is 0 Å². The van der Waals surface area contributed by atoms with Crippen molar-refractivity contribution >= 4 is 17.9 Å². The highest BCUT2D eigenvalue weighted by Gasteiger charge is 2.31. The van der Waals surface area contributed by atoms with Gasteiger partial charge in [0.15, 0.2) is 12.1 Å². The molecule has 2 atom stereocenters. The maximum absolute atomic E-state index is 12.8. The van der Waals surface area contributed by atoms with Gasteiger partial charge < -0.3 is 23.8 Å². The number of quaternary nitrogens is 1. The molecule has 8 nitrogen and oxygen atoms in total. The van der Waals surface area contributed by atoms with Gasteiger partial charge in [-0.1, -0.05) is 224 Å². The van der Waals surface area contributed by atoms with Crippen molar-refractivity contribution in [3.05, 3.63) is 36.5 Å². The number of rotatable bonds is 52. The fraction of sp³-hybridized carbons (Fsp3) is 0.847. The summed E-state index contributed by atoms with van der Waals surface area (Å²) in [7, 11) is 5.55. The van der Waals surface area contributed by atoms with Crippen LogP contribution in [0, 0.1) is 0 Å². The monoisotopic (exact) mass is 945 g/mol. The van der Waals surface area contributed by atoms with E-state index in [-0.39, 0.29) is 36.2 Å². The fourth-order valence-electron chi connectivity index (χ4n) is 8.61. The van der Waals surface area contributed by atoms with E-state index in [4.69, 9.17) is 14.2 Å². The second-order valence-electron chi connectivity index (χ2n) is 20.6. The Bertz CT molecular complexity index is 1190. The number of ether oxygens (including phenoxy) is 3. The summed E-state index contributed by atoms with van der Waals surface area (Å²) in [5, 5.41) is 9.67. The molecule has 0 spiro atoms. The van der Waals surface area contributed by atoms with Crippen molar-refractivity contribution in [1.29, 1.82) is 0 Å². The van der Waals surface area contributed by atoms with Gasteiger partial charge in [0.2, 0.25) is 0 Å². The summed E-state index contributed by atoms with van der Waals surface area (Å²) in [6, 6.07) is -0.616. The van der Waals surface area contributed by atoms with Gasteiger partial charge in [0.1, 0.15) is 6.61 Å². The molecule has 0 amide bonds. The predicted molar refractivity (Wildman–Crippen MR) is 285 cm³/mol. The smallest absolute Gasteiger partial charge is 0.362 e. The first-order chi connectivity index (χ1) is 32.6. The Hall–Kier alpha value is -2.45. The van der Waals surface area contributed by atoms with E-state index in [1.54, 1.807) is 0 Å². The molecule has 0 bridgehead atoms. The lowest BCUT2D eigenvalue weighted by atomic mass is 10.0. The number of allylic oxidation sites excluding steroid dienone is 6. The lowest BCUT2D eigenvalue weighted by molar-refractivity contribution is -0.887. The zero-order valence-electron chi connectivity index (χ0n) is 44.9. The number of esters is 2. The predicted octanol–water partition coefficient (Wildman–Crippen LogP) is 16.9. The van der Waals surface area contributed by atoms with E-state index in [1.165, 1.54) is 199 Å². The molecule has 0 aromatic rings. The van der Waals surface area contributed by atoms with Crippen LogP contribution < -0.4 is 0 Å². The van der Waals surface area contributed by atoms with Crippen molar-refractivity contribution in [2.45, 2.75) is 283 Å². The molecule has 0 saturated carbocycles. The average molecular weight is 946 g/mol. The third kappa shape index (κ3) is 48.4. The van der Waals surface area contributed by atoms with Crippen LogP contribution in [0.25, 0.3) is 0 Å². The number of carboxylic acid groups (broad SMARTS) is 1. The van der Waals surface area contributed by atoms with Crippen LogP contribution in [0.2, 0.25) is 0 Å². The highest BCUT2D eigenvalue weighted by Crippen LogP contribution is 2.16. The van der Waals surface area contributed by atoms with Gasteiger partial charge in [-0.05, 0) is 64.2 Å². The zero-order valence-corrected chi connectivity index (χ0v) is 44.9. The lowest BCUT2D eigenvalue weighted by Crippen LogP contribution is -2.50. The summed E-state index contributed by atoms with van der Waals surface area (Å²) in [5.41, 5.74) is 0. The summed E-state index contributed by atoms with van der Waals surface area (Å²) in [5.74, 6) is -1.46. The molecule has 67 heavy (non-hydrogen) atoms. The van der Waals surface area contributed by atoms with E-state index in [0.29, 0.717) is 19.3 Å². The molecule has 8 heteroatoms. The lowest BCUT2D eigenvalue weighted by Gasteiger charge is -2.31. The Morgan fingerprint density at radius 3 is 1.18 bits per heavy atom. The molecule has 0 rings (SSSR count). The quantitative estimate of drug-likeness (QED) is 0.0213. The van der Waals surface area contributed by atoms with E-state index < -0.39 is 18.1 Å². The van der Waals surface area contributed by atoms with Gasteiger partial charge in [-0.2, -0.15) is 0 Å². The van der Waals surface area contributed by atoms with Gasteiger partial charge in [0, 0.05) is 19.3 Å². The Morgan fingerprint density at radius 2 is 0.791 bits per heavy atom. The van der Waals surface area contributed by atoms with Gasteiger partial charge in [-0.3, -0.25) is 9.59 Å². The van der Waals surface area contributed by atoms with Crippen LogP contribution in [0.15, 0.2) is 36.5 Å². The molecule has 0 heterocycles. The van der Waals surface area contributed by atoms with E-state index in [1.807, 2.05) is 21.1 Å². The molecule has 0 aliphatic carbocycles. The van der Waals surface area contributed by atoms with Crippen LogP contribution in [0.5, 0.6) is 0 Å². The van der Waals surface area contributed by atoms with E-state index in [2.05, 4.69) is 50.3 Å². The molecule has 0 aromatic carbocycles. The Balaban J connectivity index is 4.17. The molecule has 0 aliphatic rings. The summed E-state index contributed by atoms with van der Waals surface area (Å²) in [4.78, 5) is 37.3. The minimum Gasteiger partial charge on any atom is -0.477 e. The summed E-state index contributed by atoms with van der Waals surface area (Å²) in [6.07, 6.45) is 60.6. The van der Waals surface area contributed by atoms with E-state index in [9.17, 15) is 19.5 Å². The second-order valence-corrected chi connectivity index (χ2v) is 20.6. The van der Waals surface area contributed by atoms with Crippen LogP contribution in [-0.4, -0.2) is 80.6 Å². The standard InChI is InChI=1S/C59H109NO7/c1-6-8-10-12-14-16-18-20-22-24-26-28-29-30-32-33-35-37-39-41-43-45-47-49-57(61)66-54-55(53-65-52-51-56(59(63)64)60(3,4)5)67-58(62)50-48-46-44-42-40-38-36-34-31-27-25-23-21-19-17-15-13-11-9-7-2/h17,19,21,23,30,32,55-56H,6-16,18,20,22,24-29,31,33-54H2,1-5H3/p+1/b19-17+,23-21+,32-30+. The highest BCUT2D eigenvalue weighted by molar-refractivity contribution is 5.72. The van der Waals surface area contributed by atoms with Gasteiger partial charge in [-0.25, -0.2) is 4.79 Å². The number of carbonyl (C=O) groups is 3. The number of hydrogen-bond donors (Lipinski definition) is 1. The number of likely N-dealkylation sites (N-methyl/N-ethyl adjacent to an activating group) is 1. The topological polar surface area (TPSA) is 99.1 Å². The van der Waals surface area contributed by atoms with Crippen molar-refractivity contribution in [2.24, 2.45) is 0 Å². The average Bonchev–Trinajstić information content (AvgIpc) is 3.29. The molecule has 0 fully saturated rings. The van der Waals surface area contributed by atoms with Crippen molar-refractivity contribution in [1.82, 2.24) is 0 Å². The van der Waals surface area contributed by atoms with Crippen molar-refractivity contribution in [3.8, 4) is 0 Å². The van der Waals surface area contributed by atoms with Crippen LogP contribution in [0.4, 0.5) is 0 Å². The third-order valence-corrected chi connectivity index (χ3v) is 13.0. The minimum absolute atomic E-state index is 0.0522. The molecule has 392 valence electrons. The van der Waals surface area contributed by atoms with Crippen LogP contribution >= 0.6 is 0 Å². The number of aliphatic carboxylic acids is 1. The van der Waals surface area contributed by atoms with Gasteiger partial charge >= 0.3 is 17.9 Å². The molecule has 0 saturated heterocycles. The largest absolute Gasteiger partial charge is 0.477 e. The molecule has 2 unspecified atom stereocenters. The molecular weight excluding hydrogens is 835 g/mol. The van der Waals surface area contributed by atoms with Crippen LogP contribution in [0.3, 0.4) is 0 Å². The molecule has 0 aromatic heterocycles. The first kappa shape index (κ1) is 64.5. The van der Waals surface area contributed by atoms with Crippen molar-refractivity contribution in [2.75, 3.05) is 41.0 Å². The molecular formula is C59H110NO7+. The fourth-order valence-corrected chi connectivity index (χ4v) is 8.61. The Labute approximate surface area is 414 Å². The van der Waals surface area contributed by atoms with Crippen LogP contribution in [0.1, 0.15) is 271 Å². The highest BCUT2D eigenvalue weighted by atomic mass is 16.6. The molecule has 0 aliphatic heterocycles. The van der Waals surface area contributed by atoms with Gasteiger partial charge in [0.05, 0.1) is 34.4 Å². The molecule has 1 N–H and O–H groups in total. The number of unbranched alkanes of at least 4 members (excludes halogenated alkanes) is 33. The van der Waals surface area contributed by atoms with Gasteiger partial charge in [-0.15, -0.1) is 0 Å². The maximum Gasteiger partial charge on any atom is 0.362 e. The zero-order chi connectivity index (χ0) is 49.2. The number of nitrogens with zero attached hydrogens (tertiary/aromatic N) is 1. The molecule has 0 radical (unpaired) electrons. The summed E-state index contributed by atoms with van der Waals surface area (Å²) in [6.45, 7) is 4.76. The summed E-state index contributed by atoms with van der Waals surface area (Å²) >= 11 is 0. The normalized spacial score (nSPS) is 13.0.